The van der Waals surface area contributed by atoms with E-state index < -0.39 is 0 Å². The number of nitrogens with zero attached hydrogens (tertiary/aromatic N) is 1. The van der Waals surface area contributed by atoms with E-state index in [1.807, 2.05) is 38.1 Å². The van der Waals surface area contributed by atoms with Gasteiger partial charge >= 0.3 is 0 Å². The van der Waals surface area contributed by atoms with Crippen molar-refractivity contribution in [3.63, 3.8) is 0 Å². The monoisotopic (exact) mass is 257 g/mol. The van der Waals surface area contributed by atoms with Crippen LogP contribution in [0, 0.1) is 6.92 Å². The third kappa shape index (κ3) is 3.16. The van der Waals surface area contributed by atoms with Gasteiger partial charge in [0.2, 0.25) is 0 Å². The van der Waals surface area contributed by atoms with E-state index in [2.05, 4.69) is 16.9 Å². The van der Waals surface area contributed by atoms with Crippen LogP contribution in [0.2, 0.25) is 0 Å². The van der Waals surface area contributed by atoms with E-state index in [1.165, 1.54) is 0 Å². The van der Waals surface area contributed by atoms with E-state index in [4.69, 9.17) is 10.2 Å². The van der Waals surface area contributed by atoms with E-state index in [0.29, 0.717) is 19.0 Å². The molecule has 1 heterocycles. The summed E-state index contributed by atoms with van der Waals surface area (Å²) in [6.45, 7) is 8.84. The van der Waals surface area contributed by atoms with Crippen molar-refractivity contribution in [1.29, 1.82) is 0 Å². The maximum absolute atomic E-state index is 5.80. The van der Waals surface area contributed by atoms with Crippen molar-refractivity contribution in [1.82, 2.24) is 5.32 Å². The van der Waals surface area contributed by atoms with Crippen LogP contribution in [0.1, 0.15) is 18.2 Å². The Kier molecular flexibility index (Phi) is 3.90. The van der Waals surface area contributed by atoms with Crippen LogP contribution in [0.3, 0.4) is 0 Å². The highest BCUT2D eigenvalue weighted by atomic mass is 16.3. The Morgan fingerprint density at radius 1 is 1.42 bits per heavy atom. The van der Waals surface area contributed by atoms with Gasteiger partial charge in [-0.25, -0.2) is 4.99 Å². The molecule has 1 aromatic heterocycles. The maximum Gasteiger partial charge on any atom is 0.189 e. The molecule has 3 N–H and O–H groups in total. The highest BCUT2D eigenvalue weighted by Crippen LogP contribution is 2.25. The summed E-state index contributed by atoms with van der Waals surface area (Å²) in [5.74, 6) is 1.31. The number of furan rings is 1. The van der Waals surface area contributed by atoms with Crippen LogP contribution < -0.4 is 11.1 Å². The summed E-state index contributed by atoms with van der Waals surface area (Å²) in [6.07, 6.45) is 0. The van der Waals surface area contributed by atoms with Crippen LogP contribution >= 0.6 is 0 Å². The average Bonchev–Trinajstić information content (AvgIpc) is 2.69. The molecule has 0 unspecified atom stereocenters. The Morgan fingerprint density at radius 3 is 2.89 bits per heavy atom. The minimum atomic E-state index is 0.424. The first-order valence-electron chi connectivity index (χ1n) is 6.23. The Bertz CT molecular complexity index is 625. The summed E-state index contributed by atoms with van der Waals surface area (Å²) >= 11 is 0. The van der Waals surface area contributed by atoms with Gasteiger partial charge in [-0.1, -0.05) is 30.4 Å². The number of benzene rings is 1. The lowest BCUT2D eigenvalue weighted by Gasteiger charge is -2.04. The minimum Gasteiger partial charge on any atom is -0.461 e. The molecule has 4 heteroatoms. The third-order valence-corrected chi connectivity index (χ3v) is 2.88. The first-order chi connectivity index (χ1) is 9.08. The van der Waals surface area contributed by atoms with Crippen molar-refractivity contribution in [2.75, 3.05) is 6.54 Å². The molecule has 0 bridgehead atoms. The topological polar surface area (TPSA) is 63.5 Å². The van der Waals surface area contributed by atoms with Crippen molar-refractivity contribution in [3.05, 3.63) is 47.7 Å². The standard InChI is InChI=1S/C15H19N3O/c1-10(2)8-17-15(16)18-9-13-11(3)19-14-7-5-4-6-12(13)14/h4-7H,1,8-9H2,2-3H3,(H3,16,17,18). The Balaban J connectivity index is 2.15. The average molecular weight is 257 g/mol. The van der Waals surface area contributed by atoms with Gasteiger partial charge in [0, 0.05) is 17.5 Å². The molecule has 2 rings (SSSR count). The van der Waals surface area contributed by atoms with E-state index in [1.54, 1.807) is 0 Å². The summed E-state index contributed by atoms with van der Waals surface area (Å²) < 4.78 is 5.68. The molecule has 0 aliphatic heterocycles. The molecule has 0 spiro atoms. The molecule has 0 atom stereocenters. The molecule has 1 aromatic carbocycles. The molecule has 0 radical (unpaired) electrons. The quantitative estimate of drug-likeness (QED) is 0.503. The first kappa shape index (κ1) is 13.2. The molecule has 0 amide bonds. The number of aliphatic imine (C=N–C) groups is 1. The van der Waals surface area contributed by atoms with Crippen LogP contribution in [0.5, 0.6) is 0 Å². The Hall–Kier alpha value is -2.23. The fourth-order valence-electron chi connectivity index (χ4n) is 1.88. The highest BCUT2D eigenvalue weighted by molar-refractivity contribution is 5.83. The van der Waals surface area contributed by atoms with E-state index in [0.717, 1.165) is 27.9 Å². The Morgan fingerprint density at radius 2 is 2.16 bits per heavy atom. The summed E-state index contributed by atoms with van der Waals surface area (Å²) in [6, 6.07) is 7.95. The second kappa shape index (κ2) is 5.61. The van der Waals surface area contributed by atoms with Gasteiger partial charge in [0.25, 0.3) is 0 Å². The lowest BCUT2D eigenvalue weighted by atomic mass is 10.1. The zero-order chi connectivity index (χ0) is 13.8. The van der Waals surface area contributed by atoms with Gasteiger partial charge in [-0.2, -0.15) is 0 Å². The van der Waals surface area contributed by atoms with Gasteiger partial charge in [0.1, 0.15) is 11.3 Å². The number of hydrogen-bond acceptors (Lipinski definition) is 2. The molecular formula is C15H19N3O. The number of hydrogen-bond donors (Lipinski definition) is 2. The SMILES string of the molecule is C=C(C)CNC(N)=NCc1c(C)oc2ccccc12. The van der Waals surface area contributed by atoms with Gasteiger partial charge in [0.05, 0.1) is 6.54 Å². The highest BCUT2D eigenvalue weighted by Gasteiger charge is 2.09. The molecular weight excluding hydrogens is 238 g/mol. The number of nitrogens with two attached hydrogens (primary N) is 1. The summed E-state index contributed by atoms with van der Waals surface area (Å²) in [4.78, 5) is 4.33. The molecule has 19 heavy (non-hydrogen) atoms. The zero-order valence-corrected chi connectivity index (χ0v) is 11.4. The number of aryl methyl sites for hydroxylation is 1. The number of fused-ring (bicyclic) bond motifs is 1. The smallest absolute Gasteiger partial charge is 0.189 e. The van der Waals surface area contributed by atoms with Gasteiger partial charge in [-0.05, 0) is 19.9 Å². The van der Waals surface area contributed by atoms with Crippen LogP contribution in [0.4, 0.5) is 0 Å². The normalized spacial score (nSPS) is 11.8. The van der Waals surface area contributed by atoms with E-state index in [9.17, 15) is 0 Å². The molecule has 0 fully saturated rings. The second-order valence-electron chi connectivity index (χ2n) is 4.65. The van der Waals surface area contributed by atoms with Crippen LogP contribution in [-0.2, 0) is 6.54 Å². The number of para-hydroxylation sites is 1. The van der Waals surface area contributed by atoms with Crippen molar-refractivity contribution in [3.8, 4) is 0 Å². The second-order valence-corrected chi connectivity index (χ2v) is 4.65. The van der Waals surface area contributed by atoms with Gasteiger partial charge in [-0.3, -0.25) is 0 Å². The van der Waals surface area contributed by atoms with Crippen molar-refractivity contribution in [2.24, 2.45) is 10.7 Å². The molecule has 100 valence electrons. The van der Waals surface area contributed by atoms with Crippen LogP contribution in [-0.4, -0.2) is 12.5 Å². The maximum atomic E-state index is 5.80. The lowest BCUT2D eigenvalue weighted by Crippen LogP contribution is -2.32. The molecule has 0 aliphatic carbocycles. The lowest BCUT2D eigenvalue weighted by molar-refractivity contribution is 0.572. The fourth-order valence-corrected chi connectivity index (χ4v) is 1.88. The number of rotatable bonds is 4. The van der Waals surface area contributed by atoms with E-state index >= 15 is 0 Å². The summed E-state index contributed by atoms with van der Waals surface area (Å²) in [5.41, 5.74) is 8.78. The van der Waals surface area contributed by atoms with Gasteiger partial charge in [-0.15, -0.1) is 0 Å². The fraction of sp³-hybridized carbons (Fsp3) is 0.267. The van der Waals surface area contributed by atoms with Crippen LogP contribution in [0.25, 0.3) is 11.0 Å². The first-order valence-corrected chi connectivity index (χ1v) is 6.23. The molecule has 0 saturated carbocycles. The largest absolute Gasteiger partial charge is 0.461 e. The van der Waals surface area contributed by atoms with Crippen molar-refractivity contribution in [2.45, 2.75) is 20.4 Å². The van der Waals surface area contributed by atoms with Crippen LogP contribution in [0.15, 0.2) is 45.8 Å². The summed E-state index contributed by atoms with van der Waals surface area (Å²) in [5, 5.41) is 4.10. The predicted molar refractivity (Wildman–Crippen MR) is 79.1 cm³/mol. The predicted octanol–water partition coefficient (Wildman–Crippen LogP) is 2.72. The minimum absolute atomic E-state index is 0.424. The van der Waals surface area contributed by atoms with Crippen molar-refractivity contribution >= 4 is 16.9 Å². The summed E-state index contributed by atoms with van der Waals surface area (Å²) in [7, 11) is 0. The molecule has 4 nitrogen and oxygen atoms in total. The Labute approximate surface area is 113 Å². The number of guanidine groups is 1. The molecule has 2 aromatic rings. The van der Waals surface area contributed by atoms with Gasteiger partial charge < -0.3 is 15.5 Å². The van der Waals surface area contributed by atoms with Gasteiger partial charge in [0.15, 0.2) is 5.96 Å². The molecule has 0 aliphatic rings. The number of nitrogens with one attached hydrogen (secondary N) is 1. The van der Waals surface area contributed by atoms with Crippen molar-refractivity contribution < 1.29 is 4.42 Å². The third-order valence-electron chi connectivity index (χ3n) is 2.88. The zero-order valence-electron chi connectivity index (χ0n) is 11.4. The molecule has 0 saturated heterocycles. The van der Waals surface area contributed by atoms with E-state index in [-0.39, 0.29) is 0 Å².